The minimum atomic E-state index is -0.428. The number of nitrogen functional groups attached to an aromatic ring is 1. The zero-order chi connectivity index (χ0) is 7.56. The highest BCUT2D eigenvalue weighted by Gasteiger charge is 2.03. The summed E-state index contributed by atoms with van der Waals surface area (Å²) in [6.45, 7) is 0. The molecular formula is C7H9ClFNO. The fraction of sp³-hybridized carbons (Fsp3) is 0.143. The lowest BCUT2D eigenvalue weighted by atomic mass is 10.3. The highest BCUT2D eigenvalue weighted by Crippen LogP contribution is 2.23. The van der Waals surface area contributed by atoms with E-state index in [0.29, 0.717) is 5.69 Å². The Kier molecular flexibility index (Phi) is 3.68. The van der Waals surface area contributed by atoms with Crippen LogP contribution in [0.25, 0.3) is 0 Å². The van der Waals surface area contributed by atoms with Crippen molar-refractivity contribution < 1.29 is 9.13 Å². The van der Waals surface area contributed by atoms with Gasteiger partial charge in [-0.2, -0.15) is 0 Å². The molecule has 0 amide bonds. The van der Waals surface area contributed by atoms with E-state index in [1.165, 1.54) is 19.2 Å². The number of ether oxygens (including phenoxy) is 1. The summed E-state index contributed by atoms with van der Waals surface area (Å²) in [6.07, 6.45) is 0. The summed E-state index contributed by atoms with van der Waals surface area (Å²) in [7, 11) is 1.38. The lowest BCUT2D eigenvalue weighted by Crippen LogP contribution is -1.94. The molecule has 1 aromatic carbocycles. The van der Waals surface area contributed by atoms with Crippen molar-refractivity contribution in [3.63, 3.8) is 0 Å². The monoisotopic (exact) mass is 177 g/mol. The minimum Gasteiger partial charge on any atom is -0.492 e. The van der Waals surface area contributed by atoms with Gasteiger partial charge in [-0.3, -0.25) is 0 Å². The Labute approximate surface area is 70.6 Å². The van der Waals surface area contributed by atoms with Crippen molar-refractivity contribution >= 4 is 18.1 Å². The molecule has 0 bridgehead atoms. The Morgan fingerprint density at radius 2 is 2.09 bits per heavy atom. The largest absolute Gasteiger partial charge is 0.492 e. The maximum absolute atomic E-state index is 12.6. The summed E-state index contributed by atoms with van der Waals surface area (Å²) < 4.78 is 17.3. The van der Waals surface area contributed by atoms with E-state index in [1.807, 2.05) is 0 Å². The molecule has 0 radical (unpaired) electrons. The van der Waals surface area contributed by atoms with Gasteiger partial charge in [-0.25, -0.2) is 4.39 Å². The van der Waals surface area contributed by atoms with E-state index in [-0.39, 0.29) is 18.2 Å². The summed E-state index contributed by atoms with van der Waals surface area (Å²) in [5.74, 6) is -0.315. The Hall–Kier alpha value is -0.960. The molecule has 0 aliphatic heterocycles. The molecule has 0 spiro atoms. The van der Waals surface area contributed by atoms with Gasteiger partial charge in [-0.15, -0.1) is 12.4 Å². The zero-order valence-corrected chi connectivity index (χ0v) is 6.82. The molecule has 0 atom stereocenters. The molecule has 1 aromatic rings. The first-order valence-electron chi connectivity index (χ1n) is 2.83. The molecule has 0 heterocycles. The molecule has 0 saturated carbocycles. The van der Waals surface area contributed by atoms with E-state index in [9.17, 15) is 4.39 Å². The van der Waals surface area contributed by atoms with Gasteiger partial charge in [-0.05, 0) is 12.1 Å². The van der Waals surface area contributed by atoms with Crippen LogP contribution in [0.2, 0.25) is 0 Å². The van der Waals surface area contributed by atoms with Crippen molar-refractivity contribution in [2.24, 2.45) is 0 Å². The van der Waals surface area contributed by atoms with Crippen LogP contribution in [-0.4, -0.2) is 7.11 Å². The van der Waals surface area contributed by atoms with Crippen molar-refractivity contribution in [1.29, 1.82) is 0 Å². The number of nitrogens with two attached hydrogens (primary N) is 1. The smallest absolute Gasteiger partial charge is 0.177 e. The van der Waals surface area contributed by atoms with E-state index in [2.05, 4.69) is 4.74 Å². The first-order valence-corrected chi connectivity index (χ1v) is 2.83. The zero-order valence-electron chi connectivity index (χ0n) is 6.00. The average molecular weight is 178 g/mol. The van der Waals surface area contributed by atoms with Gasteiger partial charge in [-0.1, -0.05) is 6.07 Å². The molecule has 0 aromatic heterocycles. The average Bonchev–Trinajstić information content (AvgIpc) is 1.88. The van der Waals surface area contributed by atoms with Crippen molar-refractivity contribution in [1.82, 2.24) is 0 Å². The molecule has 0 aliphatic rings. The molecule has 0 fully saturated rings. The number of para-hydroxylation sites is 1. The molecule has 1 rings (SSSR count). The van der Waals surface area contributed by atoms with Crippen LogP contribution in [0.5, 0.6) is 5.75 Å². The number of anilines is 1. The fourth-order valence-corrected chi connectivity index (χ4v) is 0.741. The quantitative estimate of drug-likeness (QED) is 0.665. The predicted molar refractivity (Wildman–Crippen MR) is 44.6 cm³/mol. The van der Waals surface area contributed by atoms with Crippen molar-refractivity contribution in [3.8, 4) is 5.75 Å². The molecule has 0 unspecified atom stereocenters. The lowest BCUT2D eigenvalue weighted by Gasteiger charge is -2.03. The Balaban J connectivity index is 0.000001000. The van der Waals surface area contributed by atoms with Gasteiger partial charge in [0.1, 0.15) is 0 Å². The lowest BCUT2D eigenvalue weighted by molar-refractivity contribution is 0.389. The molecule has 0 saturated heterocycles. The molecule has 11 heavy (non-hydrogen) atoms. The molecular weight excluding hydrogens is 169 g/mol. The predicted octanol–water partition coefficient (Wildman–Crippen LogP) is 1.84. The third kappa shape index (κ3) is 1.98. The molecule has 2 nitrogen and oxygen atoms in total. The van der Waals surface area contributed by atoms with Gasteiger partial charge >= 0.3 is 0 Å². The normalized spacial score (nSPS) is 8.55. The van der Waals surface area contributed by atoms with Gasteiger partial charge < -0.3 is 10.5 Å². The Bertz CT molecular complexity index is 222. The van der Waals surface area contributed by atoms with E-state index in [4.69, 9.17) is 5.73 Å². The maximum atomic E-state index is 12.6. The first kappa shape index (κ1) is 10.0. The van der Waals surface area contributed by atoms with Gasteiger partial charge in [0.05, 0.1) is 12.8 Å². The van der Waals surface area contributed by atoms with Crippen LogP contribution in [-0.2, 0) is 0 Å². The van der Waals surface area contributed by atoms with E-state index >= 15 is 0 Å². The number of hydrogen-bond acceptors (Lipinski definition) is 2. The highest BCUT2D eigenvalue weighted by atomic mass is 35.5. The standard InChI is InChI=1S/C7H8FNO.ClH/c1-10-7-5(8)3-2-4-6(7)9;/h2-4H,9H2,1H3;1H. The summed E-state index contributed by atoms with van der Waals surface area (Å²) in [5.41, 5.74) is 5.69. The Morgan fingerprint density at radius 1 is 1.45 bits per heavy atom. The van der Waals surface area contributed by atoms with E-state index in [0.717, 1.165) is 0 Å². The summed E-state index contributed by atoms with van der Waals surface area (Å²) in [6, 6.07) is 4.42. The van der Waals surface area contributed by atoms with Crippen LogP contribution >= 0.6 is 12.4 Å². The van der Waals surface area contributed by atoms with E-state index < -0.39 is 5.82 Å². The van der Waals surface area contributed by atoms with Crippen LogP contribution < -0.4 is 10.5 Å². The number of rotatable bonds is 1. The summed E-state index contributed by atoms with van der Waals surface area (Å²) in [5, 5.41) is 0. The van der Waals surface area contributed by atoms with Crippen LogP contribution in [0.15, 0.2) is 18.2 Å². The number of halogens is 2. The van der Waals surface area contributed by atoms with Gasteiger partial charge in [0.2, 0.25) is 0 Å². The van der Waals surface area contributed by atoms with Crippen LogP contribution in [0.4, 0.5) is 10.1 Å². The third-order valence-electron chi connectivity index (χ3n) is 1.20. The van der Waals surface area contributed by atoms with Gasteiger partial charge in [0, 0.05) is 0 Å². The van der Waals surface area contributed by atoms with Crippen LogP contribution in [0, 0.1) is 5.82 Å². The molecule has 2 N–H and O–H groups in total. The third-order valence-corrected chi connectivity index (χ3v) is 1.20. The SMILES string of the molecule is COc1c(N)cccc1F.Cl. The molecule has 0 aliphatic carbocycles. The first-order chi connectivity index (χ1) is 4.75. The Morgan fingerprint density at radius 3 is 2.45 bits per heavy atom. The van der Waals surface area contributed by atoms with Gasteiger partial charge in [0.25, 0.3) is 0 Å². The number of benzene rings is 1. The second-order valence-electron chi connectivity index (χ2n) is 1.86. The summed E-state index contributed by atoms with van der Waals surface area (Å²) >= 11 is 0. The van der Waals surface area contributed by atoms with Crippen molar-refractivity contribution in [2.75, 3.05) is 12.8 Å². The second-order valence-corrected chi connectivity index (χ2v) is 1.86. The van der Waals surface area contributed by atoms with Crippen molar-refractivity contribution in [3.05, 3.63) is 24.0 Å². The maximum Gasteiger partial charge on any atom is 0.177 e. The number of methoxy groups -OCH3 is 1. The fourth-order valence-electron chi connectivity index (χ4n) is 0.741. The van der Waals surface area contributed by atoms with Crippen LogP contribution in [0.3, 0.4) is 0 Å². The molecule has 4 heteroatoms. The van der Waals surface area contributed by atoms with Gasteiger partial charge in [0.15, 0.2) is 11.6 Å². The highest BCUT2D eigenvalue weighted by molar-refractivity contribution is 5.85. The minimum absolute atomic E-state index is 0. The number of hydrogen-bond donors (Lipinski definition) is 1. The molecule has 62 valence electrons. The van der Waals surface area contributed by atoms with Crippen molar-refractivity contribution in [2.45, 2.75) is 0 Å². The summed E-state index contributed by atoms with van der Waals surface area (Å²) in [4.78, 5) is 0. The van der Waals surface area contributed by atoms with E-state index in [1.54, 1.807) is 6.07 Å². The topological polar surface area (TPSA) is 35.2 Å². The second kappa shape index (κ2) is 4.03. The van der Waals surface area contributed by atoms with Crippen LogP contribution in [0.1, 0.15) is 0 Å².